The van der Waals surface area contributed by atoms with Gasteiger partial charge in [-0.3, -0.25) is 4.79 Å². The van der Waals surface area contributed by atoms with Crippen LogP contribution in [-0.2, 0) is 6.42 Å². The normalized spacial score (nSPS) is 10.4. The zero-order valence-corrected chi connectivity index (χ0v) is 11.4. The summed E-state index contributed by atoms with van der Waals surface area (Å²) in [5.41, 5.74) is 7.25. The number of nitrogens with two attached hydrogens (primary N) is 1. The molecule has 1 heterocycles. The first kappa shape index (κ1) is 13.7. The van der Waals surface area contributed by atoms with Gasteiger partial charge in [0.15, 0.2) is 0 Å². The second-order valence-corrected chi connectivity index (χ2v) is 4.73. The lowest BCUT2D eigenvalue weighted by atomic mass is 10.2. The molecule has 4 N–H and O–H groups in total. The lowest BCUT2D eigenvalue weighted by molar-refractivity contribution is 0.0954. The van der Waals surface area contributed by atoms with Crippen LogP contribution < -0.4 is 11.1 Å². The van der Waals surface area contributed by atoms with Crippen LogP contribution >= 0.6 is 23.2 Å². The maximum absolute atomic E-state index is 12.0. The molecular weight excluding hydrogens is 287 g/mol. The van der Waals surface area contributed by atoms with Gasteiger partial charge < -0.3 is 16.0 Å². The number of aromatic amines is 1. The Bertz CT molecular complexity index is 584. The third-order valence-corrected chi connectivity index (χ3v) is 3.33. The summed E-state index contributed by atoms with van der Waals surface area (Å²) >= 11 is 11.8. The summed E-state index contributed by atoms with van der Waals surface area (Å²) in [6, 6.07) is 3.00. The Morgan fingerprint density at radius 1 is 1.42 bits per heavy atom. The van der Waals surface area contributed by atoms with Gasteiger partial charge in [0.2, 0.25) is 0 Å². The number of carbonyl (C=O) groups excluding carboxylic acids is 1. The number of amides is 1. The number of H-pyrrole nitrogens is 1. The summed E-state index contributed by atoms with van der Waals surface area (Å²) in [7, 11) is 0. The lowest BCUT2D eigenvalue weighted by Gasteiger charge is -2.08. The van der Waals surface area contributed by atoms with E-state index in [1.807, 2.05) is 0 Å². The SMILES string of the molecule is Nc1cc(Cl)c(Cl)c(C(=O)NCCc2cnc[nH]2)c1. The number of hydrogen-bond acceptors (Lipinski definition) is 3. The van der Waals surface area contributed by atoms with Gasteiger partial charge in [-0.25, -0.2) is 4.98 Å². The van der Waals surface area contributed by atoms with Crippen LogP contribution in [0, 0.1) is 0 Å². The molecule has 0 fully saturated rings. The molecular formula is C12H12Cl2N4O. The fourth-order valence-corrected chi connectivity index (χ4v) is 2.03. The van der Waals surface area contributed by atoms with Gasteiger partial charge in [0.05, 0.1) is 21.9 Å². The molecule has 0 atom stereocenters. The van der Waals surface area contributed by atoms with Gasteiger partial charge in [-0.05, 0) is 12.1 Å². The van der Waals surface area contributed by atoms with Crippen molar-refractivity contribution in [3.8, 4) is 0 Å². The molecule has 100 valence electrons. The Morgan fingerprint density at radius 2 is 2.21 bits per heavy atom. The van der Waals surface area contributed by atoms with Crippen molar-refractivity contribution in [2.24, 2.45) is 0 Å². The summed E-state index contributed by atoms with van der Waals surface area (Å²) in [4.78, 5) is 18.8. The van der Waals surface area contributed by atoms with Crippen LogP contribution in [0.4, 0.5) is 5.69 Å². The van der Waals surface area contributed by atoms with Gasteiger partial charge >= 0.3 is 0 Å². The maximum atomic E-state index is 12.0. The van der Waals surface area contributed by atoms with E-state index in [4.69, 9.17) is 28.9 Å². The second-order valence-electron chi connectivity index (χ2n) is 3.95. The molecule has 0 spiro atoms. The number of anilines is 1. The smallest absolute Gasteiger partial charge is 0.252 e. The first-order chi connectivity index (χ1) is 9.08. The Balaban J connectivity index is 2.00. The van der Waals surface area contributed by atoms with E-state index in [9.17, 15) is 4.79 Å². The molecule has 2 rings (SSSR count). The van der Waals surface area contributed by atoms with Crippen molar-refractivity contribution in [2.45, 2.75) is 6.42 Å². The molecule has 1 aromatic carbocycles. The predicted octanol–water partition coefficient (Wildman–Crippen LogP) is 2.27. The van der Waals surface area contributed by atoms with Crippen molar-refractivity contribution in [3.63, 3.8) is 0 Å². The van der Waals surface area contributed by atoms with Crippen LogP contribution in [0.5, 0.6) is 0 Å². The molecule has 0 saturated carbocycles. The average Bonchev–Trinajstić information content (AvgIpc) is 2.86. The highest BCUT2D eigenvalue weighted by Crippen LogP contribution is 2.28. The van der Waals surface area contributed by atoms with Crippen LogP contribution in [0.3, 0.4) is 0 Å². The van der Waals surface area contributed by atoms with E-state index >= 15 is 0 Å². The molecule has 5 nitrogen and oxygen atoms in total. The molecule has 0 aliphatic heterocycles. The zero-order valence-electron chi connectivity index (χ0n) is 9.91. The number of halogens is 2. The van der Waals surface area contributed by atoms with Crippen molar-refractivity contribution in [1.82, 2.24) is 15.3 Å². The quantitative estimate of drug-likeness (QED) is 0.757. The Labute approximate surface area is 120 Å². The Hall–Kier alpha value is -1.72. The number of rotatable bonds is 4. The van der Waals surface area contributed by atoms with Crippen molar-refractivity contribution < 1.29 is 4.79 Å². The van der Waals surface area contributed by atoms with Crippen molar-refractivity contribution >= 4 is 34.8 Å². The third kappa shape index (κ3) is 3.39. The highest BCUT2D eigenvalue weighted by atomic mass is 35.5. The minimum Gasteiger partial charge on any atom is -0.399 e. The number of imidazole rings is 1. The van der Waals surface area contributed by atoms with Crippen LogP contribution in [0.25, 0.3) is 0 Å². The van der Waals surface area contributed by atoms with Gasteiger partial charge in [0, 0.05) is 30.5 Å². The number of hydrogen-bond donors (Lipinski definition) is 3. The van der Waals surface area contributed by atoms with E-state index < -0.39 is 0 Å². The highest BCUT2D eigenvalue weighted by molar-refractivity contribution is 6.44. The first-order valence-corrected chi connectivity index (χ1v) is 6.33. The largest absolute Gasteiger partial charge is 0.399 e. The lowest BCUT2D eigenvalue weighted by Crippen LogP contribution is -2.26. The molecule has 0 unspecified atom stereocenters. The standard InChI is InChI=1S/C12H12Cl2N4O/c13-10-4-7(15)3-9(11(10)14)12(19)17-2-1-8-5-16-6-18-8/h3-6H,1-2,15H2,(H,16,18)(H,17,19). The predicted molar refractivity (Wildman–Crippen MR) is 75.5 cm³/mol. The summed E-state index contributed by atoms with van der Waals surface area (Å²) in [6.45, 7) is 0.462. The average molecular weight is 299 g/mol. The molecule has 0 aliphatic carbocycles. The van der Waals surface area contributed by atoms with Crippen LogP contribution in [0.2, 0.25) is 10.0 Å². The fourth-order valence-electron chi connectivity index (χ4n) is 1.60. The Kier molecular flexibility index (Phi) is 4.29. The van der Waals surface area contributed by atoms with Crippen LogP contribution in [-0.4, -0.2) is 22.4 Å². The zero-order chi connectivity index (χ0) is 13.8. The monoisotopic (exact) mass is 298 g/mol. The van der Waals surface area contributed by atoms with Crippen LogP contribution in [0.1, 0.15) is 16.1 Å². The summed E-state index contributed by atoms with van der Waals surface area (Å²) in [5, 5.41) is 3.22. The van der Waals surface area contributed by atoms with E-state index in [2.05, 4.69) is 15.3 Å². The number of carbonyl (C=O) groups is 1. The highest BCUT2D eigenvalue weighted by Gasteiger charge is 2.13. The van der Waals surface area contributed by atoms with E-state index in [1.54, 1.807) is 12.5 Å². The van der Waals surface area contributed by atoms with Gasteiger partial charge in [0.1, 0.15) is 0 Å². The second kappa shape index (κ2) is 5.95. The number of nitrogens with zero attached hydrogens (tertiary/aromatic N) is 1. The Morgan fingerprint density at radius 3 is 2.89 bits per heavy atom. The molecule has 19 heavy (non-hydrogen) atoms. The van der Waals surface area contributed by atoms with E-state index in [0.717, 1.165) is 5.69 Å². The van der Waals surface area contributed by atoms with Gasteiger partial charge in [-0.1, -0.05) is 23.2 Å². The van der Waals surface area contributed by atoms with Crippen molar-refractivity contribution in [2.75, 3.05) is 12.3 Å². The van der Waals surface area contributed by atoms with Gasteiger partial charge in [0.25, 0.3) is 5.91 Å². The fraction of sp³-hybridized carbons (Fsp3) is 0.167. The summed E-state index contributed by atoms with van der Waals surface area (Å²) < 4.78 is 0. The summed E-state index contributed by atoms with van der Waals surface area (Å²) in [6.07, 6.45) is 3.95. The van der Waals surface area contributed by atoms with Crippen LogP contribution in [0.15, 0.2) is 24.7 Å². The number of aromatic nitrogens is 2. The number of benzene rings is 1. The number of nitrogen functional groups attached to an aromatic ring is 1. The molecule has 2 aromatic rings. The minimum absolute atomic E-state index is 0.204. The van der Waals surface area contributed by atoms with Crippen molar-refractivity contribution in [3.05, 3.63) is 46.0 Å². The first-order valence-electron chi connectivity index (χ1n) is 5.58. The maximum Gasteiger partial charge on any atom is 0.252 e. The molecule has 0 radical (unpaired) electrons. The molecule has 7 heteroatoms. The molecule has 0 bridgehead atoms. The molecule has 0 aliphatic rings. The molecule has 1 aromatic heterocycles. The molecule has 1 amide bonds. The van der Waals surface area contributed by atoms with E-state index in [-0.39, 0.29) is 21.5 Å². The third-order valence-electron chi connectivity index (χ3n) is 2.53. The van der Waals surface area contributed by atoms with Gasteiger partial charge in [-0.2, -0.15) is 0 Å². The summed E-state index contributed by atoms with van der Waals surface area (Å²) in [5.74, 6) is -0.307. The van der Waals surface area contributed by atoms with Gasteiger partial charge in [-0.15, -0.1) is 0 Å². The number of nitrogens with one attached hydrogen (secondary N) is 2. The van der Waals surface area contributed by atoms with E-state index in [1.165, 1.54) is 12.1 Å². The van der Waals surface area contributed by atoms with E-state index in [0.29, 0.717) is 18.7 Å². The topological polar surface area (TPSA) is 83.8 Å². The van der Waals surface area contributed by atoms with Crippen molar-refractivity contribution in [1.29, 1.82) is 0 Å². The molecule has 0 saturated heterocycles. The minimum atomic E-state index is -0.307.